The van der Waals surface area contributed by atoms with Crippen molar-refractivity contribution in [1.82, 2.24) is 15.5 Å². The monoisotopic (exact) mass is 444 g/mol. The molecule has 1 aliphatic carbocycles. The van der Waals surface area contributed by atoms with Crippen LogP contribution in [0.25, 0.3) is 0 Å². The fourth-order valence-electron chi connectivity index (χ4n) is 3.08. The van der Waals surface area contributed by atoms with E-state index in [0.29, 0.717) is 12.1 Å². The second-order valence-corrected chi connectivity index (χ2v) is 6.65. The highest BCUT2D eigenvalue weighted by Crippen LogP contribution is 2.17. The van der Waals surface area contributed by atoms with E-state index in [4.69, 9.17) is 4.99 Å². The number of rotatable bonds is 7. The molecular weight excluding hydrogens is 411 g/mol. The lowest BCUT2D eigenvalue weighted by molar-refractivity contribution is 0.298. The van der Waals surface area contributed by atoms with Gasteiger partial charge < -0.3 is 15.5 Å². The molecule has 2 N–H and O–H groups in total. The van der Waals surface area contributed by atoms with Crippen molar-refractivity contribution in [3.63, 3.8) is 0 Å². The van der Waals surface area contributed by atoms with Crippen LogP contribution in [-0.4, -0.2) is 50.1 Å². The van der Waals surface area contributed by atoms with E-state index >= 15 is 0 Å². The van der Waals surface area contributed by atoms with Crippen LogP contribution in [0.3, 0.4) is 0 Å². The number of aliphatic imine (C=N–C) groups is 1. The first kappa shape index (κ1) is 21.2. The lowest BCUT2D eigenvalue weighted by Gasteiger charge is -2.24. The van der Waals surface area contributed by atoms with Crippen LogP contribution in [0.2, 0.25) is 0 Å². The number of benzene rings is 1. The maximum absolute atomic E-state index is 4.85. The minimum atomic E-state index is 0. The van der Waals surface area contributed by atoms with Crippen molar-refractivity contribution in [3.8, 4) is 0 Å². The molecule has 1 saturated carbocycles. The van der Waals surface area contributed by atoms with E-state index in [9.17, 15) is 0 Å². The molecule has 1 unspecified atom stereocenters. The molecule has 1 aromatic carbocycles. The molecule has 1 fully saturated rings. The predicted molar refractivity (Wildman–Crippen MR) is 114 cm³/mol. The second kappa shape index (κ2) is 11.7. The normalized spacial score (nSPS) is 16.8. The van der Waals surface area contributed by atoms with E-state index in [1.54, 1.807) is 0 Å². The average Bonchev–Trinajstić information content (AvgIpc) is 3.05. The minimum absolute atomic E-state index is 0. The maximum Gasteiger partial charge on any atom is 0.191 e. The summed E-state index contributed by atoms with van der Waals surface area (Å²) >= 11 is 0. The summed E-state index contributed by atoms with van der Waals surface area (Å²) < 4.78 is 0. The Bertz CT molecular complexity index is 470. The van der Waals surface area contributed by atoms with Crippen LogP contribution in [0.1, 0.15) is 38.2 Å². The summed E-state index contributed by atoms with van der Waals surface area (Å²) in [7, 11) is 4.28. The Hall–Kier alpha value is -0.820. The predicted octanol–water partition coefficient (Wildman–Crippen LogP) is 3.28. The van der Waals surface area contributed by atoms with E-state index in [-0.39, 0.29) is 24.0 Å². The third kappa shape index (κ3) is 7.38. The van der Waals surface area contributed by atoms with Gasteiger partial charge >= 0.3 is 0 Å². The van der Waals surface area contributed by atoms with Gasteiger partial charge in [-0.2, -0.15) is 0 Å². The largest absolute Gasteiger partial charge is 0.357 e. The lowest BCUT2D eigenvalue weighted by atomic mass is 10.1. The number of guanidine groups is 1. The van der Waals surface area contributed by atoms with E-state index in [1.807, 2.05) is 0 Å². The molecule has 0 spiro atoms. The Morgan fingerprint density at radius 1 is 1.21 bits per heavy atom. The van der Waals surface area contributed by atoms with Crippen LogP contribution in [0.15, 0.2) is 35.3 Å². The molecule has 1 aromatic rings. The molecule has 4 nitrogen and oxygen atoms in total. The van der Waals surface area contributed by atoms with Gasteiger partial charge in [0, 0.05) is 18.6 Å². The zero-order valence-electron chi connectivity index (χ0n) is 15.3. The number of likely N-dealkylation sites (N-methyl/N-ethyl adjacent to an activating group) is 1. The lowest BCUT2D eigenvalue weighted by Crippen LogP contribution is -2.43. The van der Waals surface area contributed by atoms with Crippen molar-refractivity contribution in [3.05, 3.63) is 35.9 Å². The maximum atomic E-state index is 4.85. The molecular formula is C19H33IN4. The van der Waals surface area contributed by atoms with Crippen molar-refractivity contribution in [2.75, 3.05) is 27.2 Å². The van der Waals surface area contributed by atoms with E-state index in [2.05, 4.69) is 66.9 Å². The molecule has 5 heteroatoms. The smallest absolute Gasteiger partial charge is 0.191 e. The summed E-state index contributed by atoms with van der Waals surface area (Å²) in [4.78, 5) is 7.12. The highest BCUT2D eigenvalue weighted by atomic mass is 127. The molecule has 0 aliphatic heterocycles. The van der Waals surface area contributed by atoms with E-state index < -0.39 is 0 Å². The van der Waals surface area contributed by atoms with Gasteiger partial charge in [-0.15, -0.1) is 24.0 Å². The van der Waals surface area contributed by atoms with Crippen LogP contribution < -0.4 is 10.6 Å². The molecule has 1 atom stereocenters. The van der Waals surface area contributed by atoms with Gasteiger partial charge in [-0.05, 0) is 45.8 Å². The highest BCUT2D eigenvalue weighted by molar-refractivity contribution is 14.0. The van der Waals surface area contributed by atoms with Crippen molar-refractivity contribution >= 4 is 29.9 Å². The molecule has 136 valence electrons. The van der Waals surface area contributed by atoms with Gasteiger partial charge in [0.25, 0.3) is 0 Å². The summed E-state index contributed by atoms with van der Waals surface area (Å²) in [6.45, 7) is 3.84. The Morgan fingerprint density at radius 2 is 1.88 bits per heavy atom. The molecule has 24 heavy (non-hydrogen) atoms. The number of nitrogens with zero attached hydrogens (tertiary/aromatic N) is 2. The van der Waals surface area contributed by atoms with Crippen LogP contribution >= 0.6 is 24.0 Å². The zero-order chi connectivity index (χ0) is 16.5. The standard InChI is InChI=1S/C19H32N4.HI/c1-4-20-19(22-17-12-8-9-13-17)21-15-18(23(2)3)14-16-10-6-5-7-11-16;/h5-7,10-11,17-18H,4,8-9,12-15H2,1-3H3,(H2,20,21,22);1H. The first-order valence-electron chi connectivity index (χ1n) is 8.94. The molecule has 0 radical (unpaired) electrons. The van der Waals surface area contributed by atoms with Crippen molar-refractivity contribution < 1.29 is 0 Å². The van der Waals surface area contributed by atoms with Crippen molar-refractivity contribution in [1.29, 1.82) is 0 Å². The first-order chi connectivity index (χ1) is 11.2. The van der Waals surface area contributed by atoms with Crippen molar-refractivity contribution in [2.24, 2.45) is 4.99 Å². The van der Waals surface area contributed by atoms with Crippen LogP contribution in [0.4, 0.5) is 0 Å². The number of hydrogen-bond acceptors (Lipinski definition) is 2. The third-order valence-electron chi connectivity index (χ3n) is 4.54. The van der Waals surface area contributed by atoms with E-state index in [1.165, 1.54) is 31.2 Å². The summed E-state index contributed by atoms with van der Waals surface area (Å²) in [5.74, 6) is 0.972. The Kier molecular flexibility index (Phi) is 10.3. The summed E-state index contributed by atoms with van der Waals surface area (Å²) in [6, 6.07) is 11.7. The quantitative estimate of drug-likeness (QED) is 0.385. The van der Waals surface area contributed by atoms with Gasteiger partial charge in [-0.1, -0.05) is 43.2 Å². The summed E-state index contributed by atoms with van der Waals surface area (Å²) in [5, 5.41) is 6.98. The third-order valence-corrected chi connectivity index (χ3v) is 4.54. The number of nitrogens with one attached hydrogen (secondary N) is 2. The van der Waals surface area contributed by atoms with Crippen LogP contribution in [0, 0.1) is 0 Å². The summed E-state index contributed by atoms with van der Waals surface area (Å²) in [6.07, 6.45) is 6.24. The zero-order valence-corrected chi connectivity index (χ0v) is 17.6. The Labute approximate surface area is 164 Å². The molecule has 0 heterocycles. The van der Waals surface area contributed by atoms with Crippen LogP contribution in [0.5, 0.6) is 0 Å². The van der Waals surface area contributed by atoms with Gasteiger partial charge in [0.2, 0.25) is 0 Å². The SMILES string of the molecule is CCNC(=NCC(Cc1ccccc1)N(C)C)NC1CCCC1.I. The average molecular weight is 444 g/mol. The second-order valence-electron chi connectivity index (χ2n) is 6.65. The van der Waals surface area contributed by atoms with Crippen LogP contribution in [-0.2, 0) is 6.42 Å². The van der Waals surface area contributed by atoms with E-state index in [0.717, 1.165) is 25.5 Å². The number of hydrogen-bond donors (Lipinski definition) is 2. The molecule has 2 rings (SSSR count). The summed E-state index contributed by atoms with van der Waals surface area (Å²) in [5.41, 5.74) is 1.37. The van der Waals surface area contributed by atoms with Gasteiger partial charge in [-0.25, -0.2) is 0 Å². The first-order valence-corrected chi connectivity index (χ1v) is 8.94. The molecule has 0 saturated heterocycles. The topological polar surface area (TPSA) is 39.7 Å². The van der Waals surface area contributed by atoms with Crippen molar-refractivity contribution in [2.45, 2.75) is 51.1 Å². The fraction of sp³-hybridized carbons (Fsp3) is 0.632. The number of halogens is 1. The molecule has 0 amide bonds. The Morgan fingerprint density at radius 3 is 2.46 bits per heavy atom. The minimum Gasteiger partial charge on any atom is -0.357 e. The van der Waals surface area contributed by atoms with Gasteiger partial charge in [-0.3, -0.25) is 4.99 Å². The molecule has 0 aromatic heterocycles. The van der Waals surface area contributed by atoms with Gasteiger partial charge in [0.1, 0.15) is 0 Å². The fourth-order valence-corrected chi connectivity index (χ4v) is 3.08. The van der Waals surface area contributed by atoms with Gasteiger partial charge in [0.05, 0.1) is 6.54 Å². The highest BCUT2D eigenvalue weighted by Gasteiger charge is 2.17. The van der Waals surface area contributed by atoms with Gasteiger partial charge in [0.15, 0.2) is 5.96 Å². The molecule has 0 bridgehead atoms. The Balaban J connectivity index is 0.00000288. The molecule has 1 aliphatic rings.